The molecular formula is C17H13Fe2N12O3Zn3. The average Bonchev–Trinajstić information content (AvgIpc) is 2.97. The standard InChI is InChI=1S/C4H10O3.12CN.CH3.2Fe.3Zn/c5-1-3-7-4-2-6;12*1-2;;;;;;/h5-6H,1-4H2;;;;;;;;;;;;;1H3;;;;;. The van der Waals surface area contributed by atoms with E-state index in [1.54, 1.807) is 0 Å². The van der Waals surface area contributed by atoms with Crippen molar-refractivity contribution in [1.29, 1.82) is 63.1 Å². The van der Waals surface area contributed by atoms with E-state index in [1.807, 2.05) is 0 Å². The van der Waals surface area contributed by atoms with Gasteiger partial charge in [0.15, 0.2) is 0 Å². The number of aliphatic hydroxyl groups excluding tert-OH is 2. The van der Waals surface area contributed by atoms with Gasteiger partial charge in [0, 0.05) is 39.0 Å². The summed E-state index contributed by atoms with van der Waals surface area (Å²) in [5.74, 6) is 0. The van der Waals surface area contributed by atoms with Crippen LogP contribution in [0.25, 0.3) is 0 Å². The number of ether oxygens (including phenoxy) is 1. The third-order valence-electron chi connectivity index (χ3n) is 2.84. The van der Waals surface area contributed by atoms with Crippen LogP contribution in [-0.4, -0.2) is 36.6 Å². The summed E-state index contributed by atoms with van der Waals surface area (Å²) < 4.78 is 4.63. The number of nitriles is 12. The molecule has 0 amide bonds. The van der Waals surface area contributed by atoms with Gasteiger partial charge < -0.3 is 14.9 Å². The molecule has 2 N–H and O–H groups in total. The molecule has 0 spiro atoms. The van der Waals surface area contributed by atoms with E-state index in [9.17, 15) is 0 Å². The summed E-state index contributed by atoms with van der Waals surface area (Å²) in [7, 11) is -12.3. The predicted octanol–water partition coefficient (Wildman–Crippen LogP) is -0.240. The Labute approximate surface area is 246 Å². The van der Waals surface area contributed by atoms with Crippen molar-refractivity contribution in [3.05, 3.63) is 0 Å². The monoisotopic (exact) mass is 737 g/mol. The van der Waals surface area contributed by atoms with Gasteiger partial charge in [0.2, 0.25) is 0 Å². The Hall–Kier alpha value is -3.33. The Kier molecular flexibility index (Phi) is 21.8. The van der Waals surface area contributed by atoms with Crippen LogP contribution in [0.3, 0.4) is 0 Å². The maximum atomic E-state index is 8.58. The van der Waals surface area contributed by atoms with Crippen molar-refractivity contribution < 1.29 is 93.7 Å². The second-order valence-electron chi connectivity index (χ2n) is 4.66. The van der Waals surface area contributed by atoms with Crippen molar-refractivity contribution in [2.75, 3.05) is 26.4 Å². The van der Waals surface area contributed by atoms with Crippen molar-refractivity contribution in [3.8, 4) is 59.6 Å². The van der Waals surface area contributed by atoms with Crippen LogP contribution in [0.1, 0.15) is 0 Å². The molecule has 181 valence electrons. The van der Waals surface area contributed by atoms with Crippen molar-refractivity contribution in [2.45, 2.75) is 5.52 Å². The summed E-state index contributed by atoms with van der Waals surface area (Å²) in [6.45, 7) is 0.696. The van der Waals surface area contributed by atoms with Crippen LogP contribution in [0, 0.1) is 123 Å². The molecule has 20 heteroatoms. The van der Waals surface area contributed by atoms with Gasteiger partial charge in [-0.2, -0.15) is 0 Å². The van der Waals surface area contributed by atoms with Crippen LogP contribution in [0.5, 0.6) is 0 Å². The summed E-state index contributed by atoms with van der Waals surface area (Å²) in [4.78, 5) is 12.4. The zero-order chi connectivity index (χ0) is 28.8. The first-order valence-corrected chi connectivity index (χ1v) is 17.3. The fourth-order valence-electron chi connectivity index (χ4n) is 0.761. The van der Waals surface area contributed by atoms with E-state index in [4.69, 9.17) is 73.4 Å². The molecule has 0 aliphatic heterocycles. The molecule has 37 heavy (non-hydrogen) atoms. The van der Waals surface area contributed by atoms with E-state index < -0.39 is 21.5 Å². The van der Waals surface area contributed by atoms with E-state index in [-0.39, 0.29) is 52.2 Å². The van der Waals surface area contributed by atoms with Gasteiger partial charge in [-0.3, -0.25) is 0 Å². The number of hydrogen-bond donors (Lipinski definition) is 2. The zero-order valence-electron chi connectivity index (χ0n) is 19.3. The quantitative estimate of drug-likeness (QED) is 0.277. The SMILES string of the molecule is N#[C][Fe]([C]#N)([C]#N)([C]#N)([C]#N)[C]#N.N#[C][Fe]([C]#N)([C]#N)([C]#N)([C]#N)[C]#N.OCCOCCO.[CH3][Zn].[Zn].[Zn]. The summed E-state index contributed by atoms with van der Waals surface area (Å²) in [5, 5.41) is 119. The van der Waals surface area contributed by atoms with E-state index in [1.165, 1.54) is 18.3 Å². The molecule has 0 heterocycles. The summed E-state index contributed by atoms with van der Waals surface area (Å²) in [6, 6.07) is 0. The van der Waals surface area contributed by atoms with Crippen LogP contribution in [0.2, 0.25) is 5.52 Å². The molecule has 0 aromatic rings. The van der Waals surface area contributed by atoms with Gasteiger partial charge in [-0.15, -0.1) is 0 Å². The number of rotatable bonds is 4. The first-order chi connectivity index (χ1) is 16.4. The maximum absolute atomic E-state index is 8.58. The summed E-state index contributed by atoms with van der Waals surface area (Å²) >= 11 is 1.38. The Morgan fingerprint density at radius 2 is 0.595 bits per heavy atom. The van der Waals surface area contributed by atoms with Gasteiger partial charge in [0.05, 0.1) is 26.4 Å². The van der Waals surface area contributed by atoms with Crippen molar-refractivity contribution in [1.82, 2.24) is 0 Å². The molecule has 0 aromatic heterocycles. The van der Waals surface area contributed by atoms with Gasteiger partial charge >= 0.3 is 168 Å². The summed E-state index contributed by atoms with van der Waals surface area (Å²) in [6.07, 6.45) is 0. The molecule has 0 atom stereocenters. The minimum Gasteiger partial charge on any atom is 0 e. The molecule has 0 radical (unpaired) electrons. The van der Waals surface area contributed by atoms with Crippen LogP contribution < -0.4 is 0 Å². The van der Waals surface area contributed by atoms with Crippen molar-refractivity contribution in [2.24, 2.45) is 0 Å². The smallest absolute Gasteiger partial charge is 0 e. The van der Waals surface area contributed by atoms with Crippen LogP contribution >= 0.6 is 0 Å². The average molecular weight is 741 g/mol. The van der Waals surface area contributed by atoms with E-state index in [0.717, 1.165) is 59.6 Å². The van der Waals surface area contributed by atoms with Gasteiger partial charge in [0.1, 0.15) is 0 Å². The maximum Gasteiger partial charge on any atom is 0 e. The minimum absolute atomic E-state index is 0. The molecule has 0 unspecified atom stereocenters. The molecule has 0 saturated heterocycles. The molecule has 0 bridgehead atoms. The van der Waals surface area contributed by atoms with E-state index in [2.05, 4.69) is 10.3 Å². The molecular weight excluding hydrogens is 728 g/mol. The van der Waals surface area contributed by atoms with Gasteiger partial charge in [-0.25, -0.2) is 0 Å². The third kappa shape index (κ3) is 8.35. The third-order valence-corrected chi connectivity index (χ3v) is 10.3. The number of hydrogen-bond acceptors (Lipinski definition) is 15. The van der Waals surface area contributed by atoms with Crippen LogP contribution in [0.15, 0.2) is 0 Å². The first-order valence-electron chi connectivity index (χ1n) is 7.72. The minimum atomic E-state index is -6.17. The Balaban J connectivity index is -0.0000000952. The second-order valence-corrected chi connectivity index (χ2v) is 15.9. The molecule has 15 nitrogen and oxygen atoms in total. The molecule has 0 fully saturated rings. The topological polar surface area (TPSA) is 335 Å². The predicted molar refractivity (Wildman–Crippen MR) is 98.2 cm³/mol. The Morgan fingerprint density at radius 3 is 0.649 bits per heavy atom. The van der Waals surface area contributed by atoms with Gasteiger partial charge in [-0.05, 0) is 0 Å². The van der Waals surface area contributed by atoms with Gasteiger partial charge in [-0.1, -0.05) is 0 Å². The molecule has 0 aromatic carbocycles. The Morgan fingerprint density at radius 1 is 0.459 bits per heavy atom. The molecule has 0 aliphatic rings. The second kappa shape index (κ2) is 17.2. The Bertz CT molecular complexity index is 988. The van der Waals surface area contributed by atoms with Crippen molar-refractivity contribution >= 4 is 0 Å². The van der Waals surface area contributed by atoms with Crippen LogP contribution in [0.4, 0.5) is 0 Å². The van der Waals surface area contributed by atoms with E-state index in [0.29, 0.717) is 13.2 Å². The largest absolute Gasteiger partial charge is 0 e. The number of nitrogens with zero attached hydrogens (tertiary/aromatic N) is 12. The fraction of sp³-hybridized carbons (Fsp3) is 0.294. The molecule has 0 saturated carbocycles. The zero-order valence-corrected chi connectivity index (χ0v) is 30.4. The normalized spacial score (nSPS) is 11.4. The van der Waals surface area contributed by atoms with Crippen LogP contribution in [-0.2, 0) is 83.5 Å². The van der Waals surface area contributed by atoms with Gasteiger partial charge in [0.25, 0.3) is 0 Å². The fourth-order valence-corrected chi connectivity index (χ4v) is 2.42. The number of aliphatic hydroxyl groups is 2. The molecule has 0 rings (SSSR count). The first kappa shape index (κ1) is 46.9. The van der Waals surface area contributed by atoms with E-state index >= 15 is 0 Å². The summed E-state index contributed by atoms with van der Waals surface area (Å²) in [5.41, 5.74) is 2.12. The van der Waals surface area contributed by atoms with Crippen molar-refractivity contribution in [3.63, 3.8) is 0 Å². The molecule has 0 aliphatic carbocycles.